The molecule has 1 unspecified atom stereocenters. The maximum Gasteiger partial charge on any atom is 0.0495 e. The van der Waals surface area contributed by atoms with Crippen molar-refractivity contribution in [3.8, 4) is 0 Å². The van der Waals surface area contributed by atoms with Gasteiger partial charge in [-0.05, 0) is 49.9 Å². The van der Waals surface area contributed by atoms with Crippen molar-refractivity contribution in [2.45, 2.75) is 51.1 Å². The highest BCUT2D eigenvalue weighted by atomic mass is 15.1. The molecule has 1 atom stereocenters. The molecule has 2 aliphatic rings. The quantitative estimate of drug-likeness (QED) is 0.810. The molecule has 0 saturated carbocycles. The molecule has 1 radical (unpaired) electrons. The highest BCUT2D eigenvalue weighted by Crippen LogP contribution is 2.25. The van der Waals surface area contributed by atoms with Gasteiger partial charge in [-0.2, -0.15) is 0 Å². The van der Waals surface area contributed by atoms with Crippen LogP contribution < -0.4 is 5.32 Å². The standard InChI is InChI=1S/C17H25N2/c1-4-11-19(12-5-1)14-15-7-6-8-16(13-15)17-9-2-3-10-18-17/h6-8,13,17H,1-5,9-12,14H2. The van der Waals surface area contributed by atoms with Crippen LogP contribution in [-0.4, -0.2) is 24.5 Å². The Hall–Kier alpha value is -0.860. The molecule has 3 rings (SSSR count). The molecule has 1 aromatic carbocycles. The van der Waals surface area contributed by atoms with E-state index < -0.39 is 0 Å². The first-order chi connectivity index (χ1) is 9.42. The summed E-state index contributed by atoms with van der Waals surface area (Å²) in [5, 5.41) is 4.77. The van der Waals surface area contributed by atoms with E-state index in [2.05, 4.69) is 29.2 Å². The Morgan fingerprint density at radius 3 is 2.74 bits per heavy atom. The molecule has 0 spiro atoms. The van der Waals surface area contributed by atoms with E-state index in [0.29, 0.717) is 6.04 Å². The van der Waals surface area contributed by atoms with Crippen molar-refractivity contribution in [1.29, 1.82) is 0 Å². The molecule has 0 aliphatic carbocycles. The van der Waals surface area contributed by atoms with Gasteiger partial charge in [-0.3, -0.25) is 4.90 Å². The van der Waals surface area contributed by atoms with Gasteiger partial charge in [0.25, 0.3) is 0 Å². The molecule has 2 fully saturated rings. The van der Waals surface area contributed by atoms with E-state index in [1.165, 1.54) is 62.7 Å². The lowest BCUT2D eigenvalue weighted by molar-refractivity contribution is 0.221. The lowest BCUT2D eigenvalue weighted by Crippen LogP contribution is -2.29. The Kier molecular flexibility index (Phi) is 4.52. The van der Waals surface area contributed by atoms with Gasteiger partial charge >= 0.3 is 0 Å². The van der Waals surface area contributed by atoms with Gasteiger partial charge in [-0.15, -0.1) is 0 Å². The van der Waals surface area contributed by atoms with Gasteiger partial charge in [0.2, 0.25) is 0 Å². The molecule has 0 aromatic heterocycles. The number of hydrogen-bond donors (Lipinski definition) is 0. The Morgan fingerprint density at radius 2 is 1.95 bits per heavy atom. The van der Waals surface area contributed by atoms with Gasteiger partial charge < -0.3 is 0 Å². The maximum atomic E-state index is 4.77. The minimum atomic E-state index is 0.468. The van der Waals surface area contributed by atoms with Crippen LogP contribution >= 0.6 is 0 Å². The molecule has 19 heavy (non-hydrogen) atoms. The summed E-state index contributed by atoms with van der Waals surface area (Å²) in [6, 6.07) is 9.63. The molecule has 0 N–H and O–H groups in total. The minimum absolute atomic E-state index is 0.468. The van der Waals surface area contributed by atoms with E-state index in [4.69, 9.17) is 5.32 Å². The number of hydrogen-bond acceptors (Lipinski definition) is 1. The SMILES string of the molecule is c1cc(CN2CCCCC2)cc(C2CCCC[N]2)c1. The molecule has 2 saturated heterocycles. The van der Waals surface area contributed by atoms with E-state index in [-0.39, 0.29) is 0 Å². The summed E-state index contributed by atoms with van der Waals surface area (Å²) in [6.07, 6.45) is 8.02. The predicted molar refractivity (Wildman–Crippen MR) is 79.2 cm³/mol. The van der Waals surface area contributed by atoms with Crippen molar-refractivity contribution in [2.24, 2.45) is 0 Å². The van der Waals surface area contributed by atoms with Crippen molar-refractivity contribution in [2.75, 3.05) is 19.6 Å². The topological polar surface area (TPSA) is 17.3 Å². The number of rotatable bonds is 3. The highest BCUT2D eigenvalue weighted by Gasteiger charge is 2.17. The third-order valence-electron chi connectivity index (χ3n) is 4.43. The van der Waals surface area contributed by atoms with Crippen molar-refractivity contribution >= 4 is 0 Å². The van der Waals surface area contributed by atoms with E-state index in [1.54, 1.807) is 0 Å². The molecule has 103 valence electrons. The van der Waals surface area contributed by atoms with E-state index in [0.717, 1.165) is 13.1 Å². The molecule has 0 amide bonds. The third-order valence-corrected chi connectivity index (χ3v) is 4.43. The van der Waals surface area contributed by atoms with Crippen molar-refractivity contribution in [1.82, 2.24) is 10.2 Å². The molecular weight excluding hydrogens is 232 g/mol. The van der Waals surface area contributed by atoms with Gasteiger partial charge in [0.05, 0.1) is 0 Å². The smallest absolute Gasteiger partial charge is 0.0495 e. The Balaban J connectivity index is 1.64. The summed E-state index contributed by atoms with van der Waals surface area (Å²) in [6.45, 7) is 4.73. The number of piperidine rings is 2. The van der Waals surface area contributed by atoms with Gasteiger partial charge in [-0.1, -0.05) is 37.1 Å². The largest absolute Gasteiger partial charge is 0.299 e. The molecule has 2 heterocycles. The van der Waals surface area contributed by atoms with Crippen molar-refractivity contribution in [3.05, 3.63) is 35.4 Å². The predicted octanol–water partition coefficient (Wildman–Crippen LogP) is 3.50. The molecule has 0 bridgehead atoms. The Labute approximate surface area is 117 Å². The molecule has 2 aliphatic heterocycles. The monoisotopic (exact) mass is 257 g/mol. The summed E-state index contributed by atoms with van der Waals surface area (Å²) in [4.78, 5) is 2.60. The zero-order valence-electron chi connectivity index (χ0n) is 11.9. The van der Waals surface area contributed by atoms with Gasteiger partial charge in [-0.25, -0.2) is 5.32 Å². The lowest BCUT2D eigenvalue weighted by atomic mass is 9.96. The van der Waals surface area contributed by atoms with Crippen LogP contribution in [0.5, 0.6) is 0 Å². The summed E-state index contributed by atoms with van der Waals surface area (Å²) < 4.78 is 0. The van der Waals surface area contributed by atoms with Gasteiger partial charge in [0.15, 0.2) is 0 Å². The second kappa shape index (κ2) is 6.53. The third kappa shape index (κ3) is 3.58. The van der Waals surface area contributed by atoms with Gasteiger partial charge in [0.1, 0.15) is 0 Å². The molecule has 2 nitrogen and oxygen atoms in total. The fourth-order valence-electron chi connectivity index (χ4n) is 3.33. The Bertz CT molecular complexity index is 390. The van der Waals surface area contributed by atoms with Crippen LogP contribution in [0.3, 0.4) is 0 Å². The van der Waals surface area contributed by atoms with E-state index >= 15 is 0 Å². The average molecular weight is 257 g/mol. The van der Waals surface area contributed by atoms with Crippen LogP contribution in [0.2, 0.25) is 0 Å². The summed E-state index contributed by atoms with van der Waals surface area (Å²) in [7, 11) is 0. The van der Waals surface area contributed by atoms with Crippen molar-refractivity contribution in [3.63, 3.8) is 0 Å². The fraction of sp³-hybridized carbons (Fsp3) is 0.647. The second-order valence-electron chi connectivity index (χ2n) is 6.00. The lowest BCUT2D eigenvalue weighted by Gasteiger charge is -2.27. The zero-order chi connectivity index (χ0) is 12.9. The van der Waals surface area contributed by atoms with Crippen LogP contribution in [-0.2, 0) is 6.54 Å². The first-order valence-electron chi connectivity index (χ1n) is 7.89. The number of nitrogens with zero attached hydrogens (tertiary/aromatic N) is 2. The van der Waals surface area contributed by atoms with Crippen LogP contribution in [0.15, 0.2) is 24.3 Å². The molecule has 1 aromatic rings. The summed E-state index contributed by atoms with van der Waals surface area (Å²) >= 11 is 0. The second-order valence-corrected chi connectivity index (χ2v) is 6.00. The first-order valence-corrected chi connectivity index (χ1v) is 7.89. The zero-order valence-corrected chi connectivity index (χ0v) is 11.9. The van der Waals surface area contributed by atoms with Crippen LogP contribution in [0.25, 0.3) is 0 Å². The van der Waals surface area contributed by atoms with Crippen LogP contribution in [0.1, 0.15) is 55.7 Å². The minimum Gasteiger partial charge on any atom is -0.299 e. The first kappa shape index (κ1) is 13.1. The van der Waals surface area contributed by atoms with Crippen LogP contribution in [0, 0.1) is 0 Å². The Morgan fingerprint density at radius 1 is 1.05 bits per heavy atom. The van der Waals surface area contributed by atoms with Gasteiger partial charge in [0, 0.05) is 19.1 Å². The summed E-state index contributed by atoms with van der Waals surface area (Å²) in [5.41, 5.74) is 2.91. The molecular formula is C17H25N2. The number of likely N-dealkylation sites (tertiary alicyclic amines) is 1. The normalized spacial score (nSPS) is 25.4. The maximum absolute atomic E-state index is 4.77. The highest BCUT2D eigenvalue weighted by molar-refractivity contribution is 5.26. The van der Waals surface area contributed by atoms with Crippen molar-refractivity contribution < 1.29 is 0 Å². The number of benzene rings is 1. The average Bonchev–Trinajstić information content (AvgIpc) is 2.49. The van der Waals surface area contributed by atoms with E-state index in [9.17, 15) is 0 Å². The van der Waals surface area contributed by atoms with Crippen LogP contribution in [0.4, 0.5) is 0 Å². The van der Waals surface area contributed by atoms with E-state index in [1.807, 2.05) is 0 Å². The molecule has 2 heteroatoms. The fourth-order valence-corrected chi connectivity index (χ4v) is 3.33. The summed E-state index contributed by atoms with van der Waals surface area (Å²) in [5.74, 6) is 0.